The molecule has 0 aliphatic heterocycles. The molecule has 0 aromatic carbocycles. The molecule has 0 saturated carbocycles. The molecule has 2 nitrogen and oxygen atoms in total. The Bertz CT molecular complexity index is 127. The van der Waals surface area contributed by atoms with Gasteiger partial charge in [-0.25, -0.2) is 4.79 Å². The maximum atomic E-state index is 10.5. The highest BCUT2D eigenvalue weighted by Gasteiger charge is 2.00. The van der Waals surface area contributed by atoms with Gasteiger partial charge in [0.1, 0.15) is 0 Å². The quantitative estimate of drug-likeness (QED) is 0.332. The number of ether oxygens (including phenoxy) is 1. The normalized spacial score (nSPS) is 9.00. The second kappa shape index (κ2) is 5.03. The van der Waals surface area contributed by atoms with Crippen molar-refractivity contribution in [1.29, 1.82) is 0 Å². The minimum atomic E-state index is -0.562. The summed E-state index contributed by atoms with van der Waals surface area (Å²) in [6.45, 7) is 13.7. The molecule has 2 heteroatoms. The van der Waals surface area contributed by atoms with Gasteiger partial charge in [-0.05, 0) is 19.8 Å². The van der Waals surface area contributed by atoms with Gasteiger partial charge in [-0.3, -0.25) is 0 Å². The summed E-state index contributed by atoms with van der Waals surface area (Å²) >= 11 is 0. The van der Waals surface area contributed by atoms with Crippen molar-refractivity contribution in [2.75, 3.05) is 6.61 Å². The summed E-state index contributed by atoms with van der Waals surface area (Å²) in [6, 6.07) is 0. The highest BCUT2D eigenvalue weighted by atomic mass is 16.5. The van der Waals surface area contributed by atoms with Crippen LogP contribution in [0.3, 0.4) is 0 Å². The van der Waals surface area contributed by atoms with Gasteiger partial charge in [0, 0.05) is 12.5 Å². The van der Waals surface area contributed by atoms with E-state index in [4.69, 9.17) is 13.8 Å². The second-order valence-electron chi connectivity index (χ2n) is 1.80. The van der Waals surface area contributed by atoms with Crippen molar-refractivity contribution in [3.8, 4) is 0 Å². The van der Waals surface area contributed by atoms with Gasteiger partial charge < -0.3 is 4.74 Å². The van der Waals surface area contributed by atoms with Crippen molar-refractivity contribution in [2.24, 2.45) is 0 Å². The smallest absolute Gasteiger partial charge is 0.333 e. The van der Waals surface area contributed by atoms with Crippen LogP contribution < -0.4 is 0 Å². The number of esters is 1. The van der Waals surface area contributed by atoms with Crippen molar-refractivity contribution in [2.45, 2.75) is 12.8 Å². The van der Waals surface area contributed by atoms with Gasteiger partial charge in [-0.2, -0.15) is 0 Å². The van der Waals surface area contributed by atoms with Crippen LogP contribution in [0.15, 0.2) is 12.2 Å². The van der Waals surface area contributed by atoms with Gasteiger partial charge >= 0.3 is 5.97 Å². The van der Waals surface area contributed by atoms with E-state index in [0.717, 1.165) is 0 Å². The fourth-order valence-corrected chi connectivity index (χ4v) is 0.341. The Balaban J connectivity index is 3.31. The Kier molecular flexibility index (Phi) is 4.63. The van der Waals surface area contributed by atoms with Crippen LogP contribution in [0.1, 0.15) is 12.8 Å². The predicted molar refractivity (Wildman–Crippen MR) is 37.9 cm³/mol. The molecule has 0 heterocycles. The molecule has 0 rings (SSSR count). The number of rotatable bonds is 4. The predicted octanol–water partition coefficient (Wildman–Crippen LogP) is 1.29. The maximum absolute atomic E-state index is 10.5. The first kappa shape index (κ1) is 9.21. The van der Waals surface area contributed by atoms with Crippen LogP contribution in [-0.4, -0.2) is 12.6 Å². The van der Waals surface area contributed by atoms with Crippen LogP contribution in [0.25, 0.3) is 0 Å². The van der Waals surface area contributed by atoms with Crippen molar-refractivity contribution in [3.05, 3.63) is 26.0 Å². The number of hydrogen-bond acceptors (Lipinski definition) is 2. The zero-order valence-corrected chi connectivity index (χ0v) is 5.80. The fourth-order valence-electron chi connectivity index (χ4n) is 0.341. The lowest BCUT2D eigenvalue weighted by Gasteiger charge is -2.00. The van der Waals surface area contributed by atoms with Crippen LogP contribution in [0, 0.1) is 13.8 Å². The van der Waals surface area contributed by atoms with E-state index in [1.807, 2.05) is 0 Å². The third-order valence-corrected chi connectivity index (χ3v) is 0.844. The molecule has 0 fully saturated rings. The standard InChI is InChI=1S/C8H10O2/c1-4-5-6-10-8(9)7(2)3/h1-2H,3-6H2. The Morgan fingerprint density at radius 1 is 1.60 bits per heavy atom. The molecule has 0 amide bonds. The molecule has 0 bridgehead atoms. The minimum Gasteiger partial charge on any atom is -0.462 e. The van der Waals surface area contributed by atoms with Gasteiger partial charge in [0.2, 0.25) is 0 Å². The number of unbranched alkanes of at least 4 members (excludes halogenated alkanes) is 1. The topological polar surface area (TPSA) is 26.3 Å². The second-order valence-corrected chi connectivity index (χ2v) is 1.80. The van der Waals surface area contributed by atoms with Gasteiger partial charge in [-0.15, -0.1) is 0 Å². The summed E-state index contributed by atoms with van der Waals surface area (Å²) in [7, 11) is 0. The van der Waals surface area contributed by atoms with Gasteiger partial charge in [-0.1, -0.05) is 6.58 Å². The highest BCUT2D eigenvalue weighted by molar-refractivity contribution is 5.88. The molecule has 10 heavy (non-hydrogen) atoms. The van der Waals surface area contributed by atoms with E-state index in [1.54, 1.807) is 0 Å². The van der Waals surface area contributed by atoms with Crippen molar-refractivity contribution in [1.82, 2.24) is 0 Å². The van der Waals surface area contributed by atoms with E-state index >= 15 is 0 Å². The number of carbonyl (C=O) groups excluding carboxylic acids is 1. The Hall–Kier alpha value is -0.790. The monoisotopic (exact) mass is 138 g/mol. The molecule has 0 aliphatic carbocycles. The Labute approximate surface area is 61.9 Å². The Morgan fingerprint density at radius 3 is 2.60 bits per heavy atom. The lowest BCUT2D eigenvalue weighted by Crippen LogP contribution is -2.05. The van der Waals surface area contributed by atoms with Crippen molar-refractivity contribution >= 4 is 5.97 Å². The van der Waals surface area contributed by atoms with Gasteiger partial charge in [0.15, 0.2) is 0 Å². The molecule has 0 spiro atoms. The summed E-state index contributed by atoms with van der Waals surface area (Å²) in [5.41, 5.74) is -0.0722. The van der Waals surface area contributed by atoms with E-state index in [2.05, 4.69) is 11.3 Å². The molecular formula is C8H10O2. The third kappa shape index (κ3) is 4.13. The minimum absolute atomic E-state index is 0.0722. The fraction of sp³-hybridized carbons (Fsp3) is 0.375. The van der Waals surface area contributed by atoms with Gasteiger partial charge in [0.25, 0.3) is 0 Å². The average molecular weight is 138 g/mol. The number of hydrogen-bond donors (Lipinski definition) is 0. The van der Waals surface area contributed by atoms with E-state index in [0.29, 0.717) is 19.4 Å². The average Bonchev–Trinajstić information content (AvgIpc) is 1.88. The van der Waals surface area contributed by atoms with E-state index < -0.39 is 5.97 Å². The van der Waals surface area contributed by atoms with Crippen LogP contribution >= 0.6 is 0 Å². The molecule has 0 aliphatic rings. The molecule has 0 unspecified atom stereocenters. The van der Waals surface area contributed by atoms with E-state index in [9.17, 15) is 4.79 Å². The first-order chi connectivity index (χ1) is 4.68. The largest absolute Gasteiger partial charge is 0.462 e. The zero-order chi connectivity index (χ0) is 7.98. The van der Waals surface area contributed by atoms with Crippen LogP contribution in [0.5, 0.6) is 0 Å². The first-order valence-corrected chi connectivity index (χ1v) is 3.00. The van der Waals surface area contributed by atoms with E-state index in [-0.39, 0.29) is 5.57 Å². The molecular weight excluding hydrogens is 128 g/mol. The van der Waals surface area contributed by atoms with Crippen molar-refractivity contribution < 1.29 is 9.53 Å². The molecule has 0 aromatic rings. The van der Waals surface area contributed by atoms with Crippen molar-refractivity contribution in [3.63, 3.8) is 0 Å². The first-order valence-electron chi connectivity index (χ1n) is 3.00. The third-order valence-electron chi connectivity index (χ3n) is 0.844. The summed E-state index contributed by atoms with van der Waals surface area (Å²) < 4.78 is 4.60. The molecule has 4 radical (unpaired) electrons. The summed E-state index contributed by atoms with van der Waals surface area (Å²) in [4.78, 5) is 10.5. The Morgan fingerprint density at radius 2 is 2.20 bits per heavy atom. The lowest BCUT2D eigenvalue weighted by molar-refractivity contribution is -0.138. The number of carbonyl (C=O) groups is 1. The maximum Gasteiger partial charge on any atom is 0.333 e. The van der Waals surface area contributed by atoms with Crippen LogP contribution in [0.2, 0.25) is 0 Å². The molecule has 0 saturated heterocycles. The SMILES string of the molecule is [CH]CCCOC(=O)C([CH])=C. The van der Waals surface area contributed by atoms with Crippen LogP contribution in [0.4, 0.5) is 0 Å². The summed E-state index contributed by atoms with van der Waals surface area (Å²) in [5.74, 6) is -0.562. The molecule has 0 N–H and O–H groups in total. The highest BCUT2D eigenvalue weighted by Crippen LogP contribution is 1.93. The zero-order valence-electron chi connectivity index (χ0n) is 5.80. The van der Waals surface area contributed by atoms with Crippen LogP contribution in [-0.2, 0) is 9.53 Å². The summed E-state index contributed by atoms with van der Waals surface area (Å²) in [6.07, 6.45) is 1.16. The summed E-state index contributed by atoms with van der Waals surface area (Å²) in [5, 5.41) is 0. The molecule has 0 aromatic heterocycles. The lowest BCUT2D eigenvalue weighted by atomic mass is 10.3. The van der Waals surface area contributed by atoms with E-state index in [1.165, 1.54) is 0 Å². The molecule has 54 valence electrons. The van der Waals surface area contributed by atoms with Gasteiger partial charge in [0.05, 0.1) is 6.61 Å². The molecule has 0 atom stereocenters.